The summed E-state index contributed by atoms with van der Waals surface area (Å²) in [7, 11) is 0. The topological polar surface area (TPSA) is 0 Å². The lowest BCUT2D eigenvalue weighted by Gasteiger charge is -2.23. The van der Waals surface area contributed by atoms with E-state index >= 15 is 0 Å². The van der Waals surface area contributed by atoms with Crippen molar-refractivity contribution in [2.45, 2.75) is 13.8 Å². The summed E-state index contributed by atoms with van der Waals surface area (Å²) >= 11 is 0. The van der Waals surface area contributed by atoms with Crippen molar-refractivity contribution < 1.29 is 0 Å². The molecule has 0 heteroatoms. The molecule has 0 nitrogen and oxygen atoms in total. The minimum absolute atomic E-state index is 1.18. The summed E-state index contributed by atoms with van der Waals surface area (Å²) in [5.74, 6) is 0. The second-order valence-corrected chi connectivity index (χ2v) is 21.0. The van der Waals surface area contributed by atoms with Crippen LogP contribution in [0.1, 0.15) is 11.1 Å². The van der Waals surface area contributed by atoms with E-state index < -0.39 is 0 Å². The number of aryl methyl sites for hydroxylation is 2. The lowest BCUT2D eigenvalue weighted by Crippen LogP contribution is -1.96. The van der Waals surface area contributed by atoms with Gasteiger partial charge in [-0.3, -0.25) is 0 Å². The molecule has 0 aliphatic heterocycles. The second kappa shape index (κ2) is 19.7. The van der Waals surface area contributed by atoms with Crippen molar-refractivity contribution in [3.63, 3.8) is 0 Å². The first-order valence-electron chi connectivity index (χ1n) is 27.1. The maximum Gasteiger partial charge on any atom is -0.00139 e. The van der Waals surface area contributed by atoms with Gasteiger partial charge in [0.05, 0.1) is 0 Å². The zero-order chi connectivity index (χ0) is 52.1. The molecule has 0 unspecified atom stereocenters. The molecule has 0 heterocycles. The first kappa shape index (κ1) is 46.6. The van der Waals surface area contributed by atoms with Crippen LogP contribution in [0.4, 0.5) is 0 Å². The molecule has 14 rings (SSSR count). The molecule has 0 aromatic heterocycles. The van der Waals surface area contributed by atoms with Crippen LogP contribution >= 0.6 is 0 Å². The lowest BCUT2D eigenvalue weighted by atomic mass is 9.80. The lowest BCUT2D eigenvalue weighted by molar-refractivity contribution is 1.39. The van der Waals surface area contributed by atoms with Gasteiger partial charge in [-0.15, -0.1) is 0 Å². The highest BCUT2D eigenvalue weighted by Gasteiger charge is 2.23. The van der Waals surface area contributed by atoms with Crippen LogP contribution in [0, 0.1) is 13.8 Å². The van der Waals surface area contributed by atoms with E-state index in [2.05, 4.69) is 305 Å². The van der Waals surface area contributed by atoms with Gasteiger partial charge in [0, 0.05) is 0 Å². The zero-order valence-corrected chi connectivity index (χ0v) is 43.7. The smallest absolute Gasteiger partial charge is 0.00139 e. The van der Waals surface area contributed by atoms with Crippen molar-refractivity contribution >= 4 is 32.3 Å². The minimum atomic E-state index is 1.18. The molecule has 0 atom stereocenters. The highest BCUT2D eigenvalue weighted by atomic mass is 14.3. The van der Waals surface area contributed by atoms with Crippen LogP contribution in [0.25, 0.3) is 144 Å². The van der Waals surface area contributed by atoms with Gasteiger partial charge in [-0.05, 0) is 224 Å². The third-order valence-corrected chi connectivity index (χ3v) is 15.8. The van der Waals surface area contributed by atoms with E-state index in [-0.39, 0.29) is 0 Å². The molecule has 0 fully saturated rings. The average Bonchev–Trinajstić information content (AvgIpc) is 3.70. The van der Waals surface area contributed by atoms with Gasteiger partial charge in [-0.25, -0.2) is 0 Å². The van der Waals surface area contributed by atoms with Crippen LogP contribution in [-0.4, -0.2) is 0 Å². The molecule has 14 aromatic rings. The Morgan fingerprint density at radius 1 is 0.154 bits per heavy atom. The van der Waals surface area contributed by atoms with Gasteiger partial charge in [-0.2, -0.15) is 0 Å². The summed E-state index contributed by atoms with van der Waals surface area (Å²) in [6, 6.07) is 108. The van der Waals surface area contributed by atoms with Gasteiger partial charge in [0.2, 0.25) is 0 Å². The molecule has 366 valence electrons. The van der Waals surface area contributed by atoms with Gasteiger partial charge in [-0.1, -0.05) is 236 Å². The van der Waals surface area contributed by atoms with E-state index in [1.165, 1.54) is 155 Å². The van der Waals surface area contributed by atoms with E-state index in [1.807, 2.05) is 0 Å². The normalized spacial score (nSPS) is 11.5. The van der Waals surface area contributed by atoms with E-state index in [0.717, 1.165) is 0 Å². The van der Waals surface area contributed by atoms with Gasteiger partial charge >= 0.3 is 0 Å². The standard InChI is InChI=1S/C78H54/c1-51-37-52(2)39-65(38-51)73-49-74(66-43-59(53-21-9-3-10-22-53)40-60(44-66)54-23-11-4-12-24-54)70-35-36-72-76(68-47-63(57-29-17-7-18-30-57)42-64(48-68)58-31-19-8-20-32-58)50-75(71-34-33-69(73)77(70)78(71)72)67-45-61(55-25-13-5-14-26-55)41-62(46-67)56-27-15-6-16-28-56/h3-50H,1-2H3. The Morgan fingerprint density at radius 2 is 0.346 bits per heavy atom. The fourth-order valence-corrected chi connectivity index (χ4v) is 12.2. The van der Waals surface area contributed by atoms with Crippen molar-refractivity contribution in [1.29, 1.82) is 0 Å². The number of hydrogen-bond donors (Lipinski definition) is 0. The van der Waals surface area contributed by atoms with Crippen LogP contribution in [0.15, 0.2) is 291 Å². The molecule has 78 heavy (non-hydrogen) atoms. The Morgan fingerprint density at radius 3 is 0.564 bits per heavy atom. The Balaban J connectivity index is 1.14. The summed E-state index contributed by atoms with van der Waals surface area (Å²) in [4.78, 5) is 0. The molecule has 0 radical (unpaired) electrons. The SMILES string of the molecule is Cc1cc(C)cc(-c2cc(-c3cc(-c4ccccc4)cc(-c4ccccc4)c3)c3ccc4c(-c5cc(-c6ccccc6)cc(-c6ccccc6)c5)cc(-c5cc(-c6ccccc6)cc(-c6ccccc6)c5)c5ccc2c3c54)c1. The second-order valence-electron chi connectivity index (χ2n) is 21.0. The number of hydrogen-bond acceptors (Lipinski definition) is 0. The molecule has 0 spiro atoms. The third kappa shape index (κ3) is 8.64. The molecule has 0 N–H and O–H groups in total. The highest BCUT2D eigenvalue weighted by Crippen LogP contribution is 2.51. The largest absolute Gasteiger partial charge is 0.0622 e. The van der Waals surface area contributed by atoms with Crippen molar-refractivity contribution in [2.24, 2.45) is 0 Å². The quantitative estimate of drug-likeness (QED) is 0.120. The minimum Gasteiger partial charge on any atom is -0.0622 e. The van der Waals surface area contributed by atoms with Gasteiger partial charge in [0.15, 0.2) is 0 Å². The molecule has 0 bridgehead atoms. The van der Waals surface area contributed by atoms with Gasteiger partial charge < -0.3 is 0 Å². The first-order chi connectivity index (χ1) is 38.5. The predicted molar refractivity (Wildman–Crippen MR) is 334 cm³/mol. The summed E-state index contributed by atoms with van der Waals surface area (Å²) in [5.41, 5.74) is 26.3. The first-order valence-corrected chi connectivity index (χ1v) is 27.1. The van der Waals surface area contributed by atoms with E-state index in [4.69, 9.17) is 0 Å². The highest BCUT2D eigenvalue weighted by molar-refractivity contribution is 6.32. The fraction of sp³-hybridized carbons (Fsp3) is 0.0256. The molecule has 14 aromatic carbocycles. The molecular formula is C78H54. The van der Waals surface area contributed by atoms with Crippen LogP contribution < -0.4 is 0 Å². The van der Waals surface area contributed by atoms with E-state index in [0.29, 0.717) is 0 Å². The van der Waals surface area contributed by atoms with Crippen LogP contribution in [-0.2, 0) is 0 Å². The molecule has 0 aliphatic rings. The number of rotatable bonds is 10. The van der Waals surface area contributed by atoms with Crippen LogP contribution in [0.3, 0.4) is 0 Å². The maximum absolute atomic E-state index is 2.50. The summed E-state index contributed by atoms with van der Waals surface area (Å²) < 4.78 is 0. The zero-order valence-electron chi connectivity index (χ0n) is 43.7. The summed E-state index contributed by atoms with van der Waals surface area (Å²) in [6.07, 6.45) is 0. The summed E-state index contributed by atoms with van der Waals surface area (Å²) in [5, 5.41) is 7.47. The third-order valence-electron chi connectivity index (χ3n) is 15.8. The Kier molecular flexibility index (Phi) is 11.8. The predicted octanol–water partition coefficient (Wildman–Crippen LogP) is 21.9. The molecule has 0 amide bonds. The van der Waals surface area contributed by atoms with Crippen molar-refractivity contribution in [3.05, 3.63) is 302 Å². The number of benzene rings is 14. The van der Waals surface area contributed by atoms with Gasteiger partial charge in [0.1, 0.15) is 0 Å². The van der Waals surface area contributed by atoms with Crippen molar-refractivity contribution in [3.8, 4) is 111 Å². The summed E-state index contributed by atoms with van der Waals surface area (Å²) in [6.45, 7) is 4.45. The van der Waals surface area contributed by atoms with Crippen LogP contribution in [0.5, 0.6) is 0 Å². The van der Waals surface area contributed by atoms with Crippen molar-refractivity contribution in [1.82, 2.24) is 0 Å². The molecule has 0 saturated heterocycles. The van der Waals surface area contributed by atoms with Crippen molar-refractivity contribution in [2.75, 3.05) is 0 Å². The van der Waals surface area contributed by atoms with Gasteiger partial charge in [0.25, 0.3) is 0 Å². The Labute approximate surface area is 457 Å². The monoisotopic (exact) mass is 990 g/mol. The maximum atomic E-state index is 2.50. The molecular weight excluding hydrogens is 937 g/mol. The Bertz CT molecular complexity index is 4160. The van der Waals surface area contributed by atoms with Crippen LogP contribution in [0.2, 0.25) is 0 Å². The van der Waals surface area contributed by atoms with E-state index in [9.17, 15) is 0 Å². The van der Waals surface area contributed by atoms with E-state index in [1.54, 1.807) is 0 Å². The average molecular weight is 991 g/mol. The Hall–Kier alpha value is -9.88. The molecule has 0 saturated carbocycles. The fourth-order valence-electron chi connectivity index (χ4n) is 12.2. The molecule has 0 aliphatic carbocycles.